The van der Waals surface area contributed by atoms with E-state index in [1.165, 1.54) is 30.0 Å². The summed E-state index contributed by atoms with van der Waals surface area (Å²) in [7, 11) is 0. The SMILES string of the molecule is CCOc1cccc2c1S[C@@H](c1cc(F)ccc1Br)C([N+](=O)[O-])=C2. The Morgan fingerprint density at radius 3 is 2.88 bits per heavy atom. The van der Waals surface area contributed by atoms with Crippen LogP contribution in [0, 0.1) is 15.9 Å². The van der Waals surface area contributed by atoms with Crippen molar-refractivity contribution in [1.29, 1.82) is 0 Å². The van der Waals surface area contributed by atoms with E-state index in [1.54, 1.807) is 12.1 Å². The summed E-state index contributed by atoms with van der Waals surface area (Å²) >= 11 is 4.68. The van der Waals surface area contributed by atoms with E-state index in [0.717, 1.165) is 10.5 Å². The van der Waals surface area contributed by atoms with Crippen LogP contribution in [0.4, 0.5) is 4.39 Å². The highest BCUT2D eigenvalue weighted by molar-refractivity contribution is 9.10. The summed E-state index contributed by atoms with van der Waals surface area (Å²) in [5.41, 5.74) is 1.29. The number of hydrogen-bond acceptors (Lipinski definition) is 4. The minimum atomic E-state index is -0.626. The molecule has 0 amide bonds. The van der Waals surface area contributed by atoms with E-state index in [1.807, 2.05) is 19.1 Å². The zero-order chi connectivity index (χ0) is 17.3. The first-order valence-corrected chi connectivity index (χ1v) is 8.92. The first-order valence-electron chi connectivity index (χ1n) is 7.24. The summed E-state index contributed by atoms with van der Waals surface area (Å²) in [5.74, 6) is 0.247. The van der Waals surface area contributed by atoms with Crippen molar-refractivity contribution < 1.29 is 14.1 Å². The van der Waals surface area contributed by atoms with Crippen LogP contribution in [-0.4, -0.2) is 11.5 Å². The Morgan fingerprint density at radius 1 is 1.38 bits per heavy atom. The number of rotatable bonds is 4. The zero-order valence-corrected chi connectivity index (χ0v) is 15.1. The van der Waals surface area contributed by atoms with Gasteiger partial charge >= 0.3 is 0 Å². The number of benzene rings is 2. The van der Waals surface area contributed by atoms with Gasteiger partial charge in [-0.2, -0.15) is 0 Å². The Hall–Kier alpha value is -1.86. The number of nitro groups is 1. The first kappa shape index (κ1) is 17.0. The summed E-state index contributed by atoms with van der Waals surface area (Å²) in [6, 6.07) is 9.65. The van der Waals surface area contributed by atoms with Gasteiger partial charge in [0.05, 0.1) is 16.4 Å². The van der Waals surface area contributed by atoms with Crippen LogP contribution in [-0.2, 0) is 0 Å². The van der Waals surface area contributed by atoms with Gasteiger partial charge in [0.15, 0.2) is 0 Å². The minimum absolute atomic E-state index is 0.0208. The number of thioether (sulfide) groups is 1. The van der Waals surface area contributed by atoms with Crippen LogP contribution in [0.5, 0.6) is 5.75 Å². The summed E-state index contributed by atoms with van der Waals surface area (Å²) in [6.45, 7) is 2.38. The number of hydrogen-bond donors (Lipinski definition) is 0. The van der Waals surface area contributed by atoms with Crippen molar-refractivity contribution in [2.75, 3.05) is 6.61 Å². The Balaban J connectivity index is 2.15. The first-order chi connectivity index (χ1) is 11.5. The zero-order valence-electron chi connectivity index (χ0n) is 12.7. The van der Waals surface area contributed by atoms with Gasteiger partial charge in [-0.1, -0.05) is 28.1 Å². The smallest absolute Gasteiger partial charge is 0.264 e. The molecule has 7 heteroatoms. The topological polar surface area (TPSA) is 52.4 Å². The lowest BCUT2D eigenvalue weighted by atomic mass is 10.1. The Labute approximate surface area is 151 Å². The molecule has 0 aliphatic carbocycles. The van der Waals surface area contributed by atoms with Crippen molar-refractivity contribution in [2.45, 2.75) is 17.1 Å². The quantitative estimate of drug-likeness (QED) is 0.497. The predicted molar refractivity (Wildman–Crippen MR) is 95.3 cm³/mol. The molecule has 2 aromatic rings. The molecule has 0 spiro atoms. The summed E-state index contributed by atoms with van der Waals surface area (Å²) in [6.07, 6.45) is 1.54. The van der Waals surface area contributed by atoms with E-state index in [9.17, 15) is 14.5 Å². The van der Waals surface area contributed by atoms with Crippen LogP contribution in [0.15, 0.2) is 51.5 Å². The van der Waals surface area contributed by atoms with E-state index in [-0.39, 0.29) is 5.70 Å². The van der Waals surface area contributed by atoms with Gasteiger partial charge in [-0.3, -0.25) is 10.1 Å². The number of fused-ring (bicyclic) bond motifs is 1. The molecular weight excluding hydrogens is 397 g/mol. The molecule has 4 nitrogen and oxygen atoms in total. The second-order valence-electron chi connectivity index (χ2n) is 5.10. The average Bonchev–Trinajstić information content (AvgIpc) is 2.56. The van der Waals surface area contributed by atoms with Gasteiger partial charge < -0.3 is 4.74 Å². The highest BCUT2D eigenvalue weighted by atomic mass is 79.9. The van der Waals surface area contributed by atoms with Crippen LogP contribution < -0.4 is 4.74 Å². The molecule has 3 rings (SSSR count). The standard InChI is InChI=1S/C17H13BrFNO3S/c1-2-23-15-5-3-4-10-8-14(20(21)22)17(24-16(10)15)12-9-11(19)6-7-13(12)18/h3-9,17H,2H2,1H3/t17-/m0/s1. The minimum Gasteiger partial charge on any atom is -0.493 e. The fourth-order valence-corrected chi connectivity index (χ4v) is 4.51. The van der Waals surface area contributed by atoms with E-state index < -0.39 is 16.0 Å². The maximum Gasteiger partial charge on any atom is 0.264 e. The highest BCUT2D eigenvalue weighted by Crippen LogP contribution is 2.51. The maximum absolute atomic E-state index is 13.7. The van der Waals surface area contributed by atoms with Crippen LogP contribution in [0.25, 0.3) is 6.08 Å². The lowest BCUT2D eigenvalue weighted by molar-refractivity contribution is -0.425. The van der Waals surface area contributed by atoms with Gasteiger partial charge in [0.25, 0.3) is 5.70 Å². The largest absolute Gasteiger partial charge is 0.493 e. The van der Waals surface area contributed by atoms with Gasteiger partial charge in [-0.25, -0.2) is 4.39 Å². The van der Waals surface area contributed by atoms with Gasteiger partial charge in [0, 0.05) is 10.5 Å². The lowest BCUT2D eigenvalue weighted by Crippen LogP contribution is -2.12. The fraction of sp³-hybridized carbons (Fsp3) is 0.176. The lowest BCUT2D eigenvalue weighted by Gasteiger charge is -2.23. The molecule has 0 bridgehead atoms. The van der Waals surface area contributed by atoms with E-state index in [2.05, 4.69) is 15.9 Å². The van der Waals surface area contributed by atoms with Crippen LogP contribution in [0.3, 0.4) is 0 Å². The molecule has 0 N–H and O–H groups in total. The fourth-order valence-electron chi connectivity index (χ4n) is 2.54. The van der Waals surface area contributed by atoms with Crippen LogP contribution in [0.2, 0.25) is 0 Å². The van der Waals surface area contributed by atoms with Crippen LogP contribution in [0.1, 0.15) is 23.3 Å². The third-order valence-corrected chi connectivity index (χ3v) is 5.69. The molecule has 0 unspecified atom stereocenters. The molecule has 1 atom stereocenters. The van der Waals surface area contributed by atoms with Crippen molar-refractivity contribution in [2.24, 2.45) is 0 Å². The molecular formula is C17H13BrFNO3S. The van der Waals surface area contributed by atoms with Crippen molar-refractivity contribution in [3.63, 3.8) is 0 Å². The van der Waals surface area contributed by atoms with Crippen molar-refractivity contribution in [3.05, 3.63) is 73.6 Å². The van der Waals surface area contributed by atoms with Gasteiger partial charge in [-0.05, 0) is 42.3 Å². The summed E-state index contributed by atoms with van der Waals surface area (Å²) in [5, 5.41) is 10.9. The number of ether oxygens (including phenoxy) is 1. The Bertz CT molecular complexity index is 841. The third-order valence-electron chi connectivity index (χ3n) is 3.57. The molecule has 24 heavy (non-hydrogen) atoms. The van der Waals surface area contributed by atoms with Crippen LogP contribution >= 0.6 is 27.7 Å². The summed E-state index contributed by atoms with van der Waals surface area (Å²) in [4.78, 5) is 12.0. The summed E-state index contributed by atoms with van der Waals surface area (Å²) < 4.78 is 19.9. The number of halogens is 2. The molecule has 1 heterocycles. The van der Waals surface area contributed by atoms with Gasteiger partial charge in [0.1, 0.15) is 16.8 Å². The average molecular weight is 410 g/mol. The third kappa shape index (κ3) is 3.18. The Morgan fingerprint density at radius 2 is 2.17 bits per heavy atom. The molecule has 1 aliphatic heterocycles. The van der Waals surface area contributed by atoms with Crippen molar-refractivity contribution >= 4 is 33.8 Å². The number of nitrogens with zero attached hydrogens (tertiary/aromatic N) is 1. The van der Waals surface area contributed by atoms with E-state index >= 15 is 0 Å². The Kier molecular flexibility index (Phi) is 4.91. The second-order valence-corrected chi connectivity index (χ2v) is 7.07. The van der Waals surface area contributed by atoms with E-state index in [0.29, 0.717) is 22.4 Å². The molecule has 0 aromatic heterocycles. The maximum atomic E-state index is 13.7. The second kappa shape index (κ2) is 6.94. The molecule has 0 radical (unpaired) electrons. The van der Waals surface area contributed by atoms with Crippen molar-refractivity contribution in [3.8, 4) is 5.75 Å². The molecule has 2 aromatic carbocycles. The van der Waals surface area contributed by atoms with E-state index in [4.69, 9.17) is 4.74 Å². The van der Waals surface area contributed by atoms with Crippen molar-refractivity contribution in [1.82, 2.24) is 0 Å². The molecule has 0 saturated carbocycles. The monoisotopic (exact) mass is 409 g/mol. The molecule has 0 saturated heterocycles. The molecule has 0 fully saturated rings. The molecule has 1 aliphatic rings. The predicted octanol–water partition coefficient (Wildman–Crippen LogP) is 5.45. The van der Waals surface area contributed by atoms with Gasteiger partial charge in [0.2, 0.25) is 0 Å². The normalized spacial score (nSPS) is 16.3. The van der Waals surface area contributed by atoms with Gasteiger partial charge in [-0.15, -0.1) is 11.8 Å². The molecule has 124 valence electrons. The highest BCUT2D eigenvalue weighted by Gasteiger charge is 2.35.